The van der Waals surface area contributed by atoms with Crippen molar-refractivity contribution in [2.45, 2.75) is 25.4 Å². The van der Waals surface area contributed by atoms with Gasteiger partial charge in [0.15, 0.2) is 5.76 Å². The van der Waals surface area contributed by atoms with Crippen molar-refractivity contribution in [3.63, 3.8) is 0 Å². The maximum atomic E-state index is 12.9. The number of aromatic nitrogens is 2. The monoisotopic (exact) mass is 362 g/mol. The standard InChI is InChI=1S/C21H22N4O2/c26-21(20(25-11-4-5-12-25)17-9-6-10-22-14-17)23-15-18-13-19(27-24-18)16-7-2-1-3-8-16/h1-3,6-10,13-14,20H,4-5,11-12,15H2,(H,23,26)/t20-/m0/s1. The van der Waals surface area contributed by atoms with Crippen LogP contribution < -0.4 is 5.32 Å². The third-order valence-corrected chi connectivity index (χ3v) is 4.82. The Balaban J connectivity index is 1.45. The van der Waals surface area contributed by atoms with Crippen molar-refractivity contribution in [3.05, 3.63) is 72.2 Å². The molecule has 2 aromatic heterocycles. The highest BCUT2D eigenvalue weighted by molar-refractivity contribution is 5.83. The van der Waals surface area contributed by atoms with Crippen LogP contribution in [0.15, 0.2) is 65.4 Å². The molecule has 1 aliphatic rings. The number of carbonyl (C=O) groups is 1. The molecule has 1 atom stereocenters. The van der Waals surface area contributed by atoms with E-state index in [-0.39, 0.29) is 11.9 Å². The number of amides is 1. The maximum Gasteiger partial charge on any atom is 0.242 e. The first-order valence-corrected chi connectivity index (χ1v) is 9.24. The van der Waals surface area contributed by atoms with Crippen LogP contribution in [0.25, 0.3) is 11.3 Å². The predicted octanol–water partition coefficient (Wildman–Crippen LogP) is 3.19. The van der Waals surface area contributed by atoms with Crippen molar-refractivity contribution in [1.29, 1.82) is 0 Å². The molecule has 138 valence electrons. The summed E-state index contributed by atoms with van der Waals surface area (Å²) in [6.45, 7) is 2.18. The Hall–Kier alpha value is -2.99. The van der Waals surface area contributed by atoms with E-state index in [0.717, 1.165) is 37.1 Å². The molecule has 27 heavy (non-hydrogen) atoms. The van der Waals surface area contributed by atoms with Crippen molar-refractivity contribution < 1.29 is 9.32 Å². The van der Waals surface area contributed by atoms with Crippen LogP contribution in [0.1, 0.15) is 30.1 Å². The fourth-order valence-corrected chi connectivity index (χ4v) is 3.47. The second-order valence-corrected chi connectivity index (χ2v) is 6.70. The number of likely N-dealkylation sites (tertiary alicyclic amines) is 1. The molecule has 4 rings (SSSR count). The Morgan fingerprint density at radius 2 is 1.96 bits per heavy atom. The number of benzene rings is 1. The van der Waals surface area contributed by atoms with E-state index >= 15 is 0 Å². The van der Waals surface area contributed by atoms with Gasteiger partial charge in [-0.25, -0.2) is 0 Å². The molecule has 1 amide bonds. The molecule has 6 nitrogen and oxygen atoms in total. The van der Waals surface area contributed by atoms with Gasteiger partial charge in [-0.15, -0.1) is 0 Å². The lowest BCUT2D eigenvalue weighted by molar-refractivity contribution is -0.126. The van der Waals surface area contributed by atoms with Gasteiger partial charge in [0.2, 0.25) is 5.91 Å². The number of pyridine rings is 1. The molecule has 1 N–H and O–H groups in total. The van der Waals surface area contributed by atoms with E-state index in [1.165, 1.54) is 0 Å². The summed E-state index contributed by atoms with van der Waals surface area (Å²) in [5.41, 5.74) is 2.59. The Labute approximate surface area is 158 Å². The van der Waals surface area contributed by atoms with E-state index in [9.17, 15) is 4.79 Å². The zero-order valence-corrected chi connectivity index (χ0v) is 15.0. The van der Waals surface area contributed by atoms with Gasteiger partial charge in [-0.05, 0) is 37.6 Å². The highest BCUT2D eigenvalue weighted by Gasteiger charge is 2.29. The second kappa shape index (κ2) is 8.14. The molecule has 0 unspecified atom stereocenters. The van der Waals surface area contributed by atoms with Crippen molar-refractivity contribution >= 4 is 5.91 Å². The first kappa shape index (κ1) is 17.4. The van der Waals surface area contributed by atoms with Gasteiger partial charge < -0.3 is 9.84 Å². The zero-order valence-electron chi connectivity index (χ0n) is 15.0. The maximum absolute atomic E-state index is 12.9. The molecule has 0 bridgehead atoms. The molecule has 0 radical (unpaired) electrons. The minimum absolute atomic E-state index is 0.0332. The van der Waals surface area contributed by atoms with Gasteiger partial charge in [-0.3, -0.25) is 14.7 Å². The van der Waals surface area contributed by atoms with Gasteiger partial charge in [-0.1, -0.05) is 41.6 Å². The molecular formula is C21H22N4O2. The number of hydrogen-bond donors (Lipinski definition) is 1. The molecule has 0 spiro atoms. The van der Waals surface area contributed by atoms with Crippen molar-refractivity contribution in [2.24, 2.45) is 0 Å². The number of rotatable bonds is 6. The normalized spacial score (nSPS) is 15.6. The van der Waals surface area contributed by atoms with Crippen LogP contribution in [0.4, 0.5) is 0 Å². The summed E-state index contributed by atoms with van der Waals surface area (Å²) in [6, 6.07) is 15.2. The molecule has 3 aromatic rings. The minimum Gasteiger partial charge on any atom is -0.356 e. The fraction of sp³-hybridized carbons (Fsp3) is 0.286. The predicted molar refractivity (Wildman–Crippen MR) is 102 cm³/mol. The van der Waals surface area contributed by atoms with E-state index in [1.54, 1.807) is 12.4 Å². The quantitative estimate of drug-likeness (QED) is 0.729. The average Bonchev–Trinajstić information content (AvgIpc) is 3.41. The minimum atomic E-state index is -0.318. The third-order valence-electron chi connectivity index (χ3n) is 4.82. The second-order valence-electron chi connectivity index (χ2n) is 6.70. The first-order valence-electron chi connectivity index (χ1n) is 9.24. The summed E-state index contributed by atoms with van der Waals surface area (Å²) < 4.78 is 5.41. The van der Waals surface area contributed by atoms with Gasteiger partial charge in [-0.2, -0.15) is 0 Å². The van der Waals surface area contributed by atoms with Crippen molar-refractivity contribution in [2.75, 3.05) is 13.1 Å². The van der Waals surface area contributed by atoms with Gasteiger partial charge in [0.25, 0.3) is 0 Å². The van der Waals surface area contributed by atoms with Crippen LogP contribution in [-0.4, -0.2) is 34.0 Å². The van der Waals surface area contributed by atoms with Gasteiger partial charge in [0.05, 0.1) is 6.54 Å². The SMILES string of the molecule is O=C(NCc1cc(-c2ccccc2)on1)[C@H](c1cccnc1)N1CCCC1. The van der Waals surface area contributed by atoms with Crippen molar-refractivity contribution in [3.8, 4) is 11.3 Å². The van der Waals surface area contributed by atoms with Gasteiger partial charge in [0, 0.05) is 24.0 Å². The van der Waals surface area contributed by atoms with E-state index in [0.29, 0.717) is 18.0 Å². The van der Waals surface area contributed by atoms with E-state index in [2.05, 4.69) is 20.4 Å². The van der Waals surface area contributed by atoms with Crippen LogP contribution in [0.5, 0.6) is 0 Å². The summed E-state index contributed by atoms with van der Waals surface area (Å²) in [5.74, 6) is 0.664. The van der Waals surface area contributed by atoms with Crippen LogP contribution >= 0.6 is 0 Å². The lowest BCUT2D eigenvalue weighted by Crippen LogP contribution is -2.39. The first-order chi connectivity index (χ1) is 13.3. The Morgan fingerprint density at radius 1 is 1.15 bits per heavy atom. The summed E-state index contributed by atoms with van der Waals surface area (Å²) in [5, 5.41) is 7.09. The highest BCUT2D eigenvalue weighted by Crippen LogP contribution is 2.25. The summed E-state index contributed by atoms with van der Waals surface area (Å²) in [6.07, 6.45) is 5.73. The molecule has 1 aromatic carbocycles. The summed E-state index contributed by atoms with van der Waals surface area (Å²) in [4.78, 5) is 19.3. The fourth-order valence-electron chi connectivity index (χ4n) is 3.47. The van der Waals surface area contributed by atoms with Crippen LogP contribution in [0, 0.1) is 0 Å². The summed E-state index contributed by atoms with van der Waals surface area (Å²) in [7, 11) is 0. The van der Waals surface area contributed by atoms with Gasteiger partial charge >= 0.3 is 0 Å². The molecule has 1 fully saturated rings. The molecular weight excluding hydrogens is 340 g/mol. The van der Waals surface area contributed by atoms with Crippen LogP contribution in [0.2, 0.25) is 0 Å². The molecule has 3 heterocycles. The molecule has 0 aliphatic carbocycles. The smallest absolute Gasteiger partial charge is 0.242 e. The molecule has 6 heteroatoms. The Morgan fingerprint density at radius 3 is 2.70 bits per heavy atom. The van der Waals surface area contributed by atoms with E-state index in [1.807, 2.05) is 48.5 Å². The lowest BCUT2D eigenvalue weighted by atomic mass is 10.1. The topological polar surface area (TPSA) is 71.3 Å². The van der Waals surface area contributed by atoms with Crippen LogP contribution in [0.3, 0.4) is 0 Å². The van der Waals surface area contributed by atoms with Crippen molar-refractivity contribution in [1.82, 2.24) is 20.4 Å². The molecule has 1 saturated heterocycles. The lowest BCUT2D eigenvalue weighted by Gasteiger charge is -2.26. The van der Waals surface area contributed by atoms with Crippen LogP contribution in [-0.2, 0) is 11.3 Å². The van der Waals surface area contributed by atoms with E-state index < -0.39 is 0 Å². The number of carbonyl (C=O) groups excluding carboxylic acids is 1. The average molecular weight is 362 g/mol. The Kier molecular flexibility index (Phi) is 5.25. The number of hydrogen-bond acceptors (Lipinski definition) is 5. The Bertz CT molecular complexity index is 873. The zero-order chi connectivity index (χ0) is 18.5. The van der Waals surface area contributed by atoms with E-state index in [4.69, 9.17) is 4.52 Å². The third kappa shape index (κ3) is 4.06. The largest absolute Gasteiger partial charge is 0.356 e. The van der Waals surface area contributed by atoms with Gasteiger partial charge in [0.1, 0.15) is 11.7 Å². The summed E-state index contributed by atoms with van der Waals surface area (Å²) >= 11 is 0. The number of nitrogens with zero attached hydrogens (tertiary/aromatic N) is 3. The highest BCUT2D eigenvalue weighted by atomic mass is 16.5. The number of nitrogens with one attached hydrogen (secondary N) is 1. The molecule has 0 saturated carbocycles. The molecule has 1 aliphatic heterocycles.